The lowest BCUT2D eigenvalue weighted by molar-refractivity contribution is -0.130. The van der Waals surface area contributed by atoms with E-state index in [9.17, 15) is 4.79 Å². The van der Waals surface area contributed by atoms with Crippen molar-refractivity contribution in [3.8, 4) is 5.75 Å². The number of hydrogen-bond donors (Lipinski definition) is 1. The molecule has 1 aliphatic heterocycles. The first kappa shape index (κ1) is 16.5. The average Bonchev–Trinajstić information content (AvgIpc) is 2.88. The van der Waals surface area contributed by atoms with Gasteiger partial charge in [-0.05, 0) is 29.2 Å². The molecule has 1 saturated heterocycles. The Morgan fingerprint density at radius 1 is 1.08 bits per heavy atom. The third kappa shape index (κ3) is 3.77. The van der Waals surface area contributed by atoms with E-state index < -0.39 is 0 Å². The summed E-state index contributed by atoms with van der Waals surface area (Å²) in [6.07, 6.45) is 0. The molecule has 0 aliphatic carbocycles. The molecule has 0 aromatic heterocycles. The maximum absolute atomic E-state index is 12.7. The van der Waals surface area contributed by atoms with Crippen LogP contribution in [-0.2, 0) is 17.9 Å². The van der Waals surface area contributed by atoms with E-state index in [-0.39, 0.29) is 11.9 Å². The van der Waals surface area contributed by atoms with E-state index in [0.717, 1.165) is 24.4 Å². The number of hydrogen-bond acceptors (Lipinski definition) is 3. The first-order valence-electron chi connectivity index (χ1n) is 8.36. The van der Waals surface area contributed by atoms with Crippen molar-refractivity contribution in [2.75, 3.05) is 13.7 Å². The number of ether oxygens (including phenoxy) is 1. The fourth-order valence-corrected chi connectivity index (χ4v) is 3.19. The number of nitrogens with zero attached hydrogens (tertiary/aromatic N) is 1. The van der Waals surface area contributed by atoms with Crippen LogP contribution in [0.4, 0.5) is 0 Å². The Morgan fingerprint density at radius 2 is 1.79 bits per heavy atom. The lowest BCUT2D eigenvalue weighted by Gasteiger charge is -2.17. The number of nitrogens with one attached hydrogen (secondary N) is 1. The molecule has 1 amide bonds. The van der Waals surface area contributed by atoms with Crippen molar-refractivity contribution in [2.45, 2.75) is 26.1 Å². The van der Waals surface area contributed by atoms with E-state index in [1.165, 1.54) is 5.56 Å². The van der Waals surface area contributed by atoms with Crippen molar-refractivity contribution in [3.63, 3.8) is 0 Å². The number of carbonyl (C=O) groups is 1. The highest BCUT2D eigenvalue weighted by atomic mass is 16.5. The van der Waals surface area contributed by atoms with Gasteiger partial charge < -0.3 is 15.0 Å². The van der Waals surface area contributed by atoms with E-state index in [4.69, 9.17) is 4.74 Å². The number of methoxy groups -OCH3 is 1. The van der Waals surface area contributed by atoms with Crippen LogP contribution < -0.4 is 10.1 Å². The SMILES string of the molecule is COc1ccc(CN2C[C@@H](C)[C@H](NCc3ccccc3)C2=O)cc1. The van der Waals surface area contributed by atoms with E-state index >= 15 is 0 Å². The predicted molar refractivity (Wildman–Crippen MR) is 94.6 cm³/mol. The smallest absolute Gasteiger partial charge is 0.240 e. The van der Waals surface area contributed by atoms with Gasteiger partial charge in [-0.15, -0.1) is 0 Å². The lowest BCUT2D eigenvalue weighted by Crippen LogP contribution is -2.39. The van der Waals surface area contributed by atoms with Crippen LogP contribution in [0, 0.1) is 5.92 Å². The van der Waals surface area contributed by atoms with Crippen LogP contribution in [0.1, 0.15) is 18.1 Å². The third-order valence-electron chi connectivity index (χ3n) is 4.56. The summed E-state index contributed by atoms with van der Waals surface area (Å²) in [6.45, 7) is 4.29. The second kappa shape index (κ2) is 7.49. The van der Waals surface area contributed by atoms with Crippen molar-refractivity contribution >= 4 is 5.91 Å². The normalized spacial score (nSPS) is 20.4. The average molecular weight is 324 g/mol. The number of likely N-dealkylation sites (tertiary alicyclic amines) is 1. The minimum Gasteiger partial charge on any atom is -0.497 e. The van der Waals surface area contributed by atoms with Gasteiger partial charge >= 0.3 is 0 Å². The van der Waals surface area contributed by atoms with Crippen molar-refractivity contribution in [3.05, 3.63) is 65.7 Å². The zero-order chi connectivity index (χ0) is 16.9. The quantitative estimate of drug-likeness (QED) is 0.888. The van der Waals surface area contributed by atoms with E-state index in [2.05, 4.69) is 24.4 Å². The first-order valence-corrected chi connectivity index (χ1v) is 8.36. The summed E-state index contributed by atoms with van der Waals surface area (Å²) in [5.41, 5.74) is 2.33. The van der Waals surface area contributed by atoms with Crippen molar-refractivity contribution < 1.29 is 9.53 Å². The van der Waals surface area contributed by atoms with Crippen LogP contribution in [0.5, 0.6) is 5.75 Å². The molecule has 0 saturated carbocycles. The molecular formula is C20H24N2O2. The molecule has 0 spiro atoms. The van der Waals surface area contributed by atoms with Crippen LogP contribution in [0.3, 0.4) is 0 Å². The summed E-state index contributed by atoms with van der Waals surface area (Å²) in [5, 5.41) is 3.42. The Morgan fingerprint density at radius 3 is 2.46 bits per heavy atom. The molecule has 4 heteroatoms. The van der Waals surface area contributed by atoms with Gasteiger partial charge in [0.1, 0.15) is 5.75 Å². The molecule has 0 radical (unpaired) electrons. The summed E-state index contributed by atoms with van der Waals surface area (Å²) in [7, 11) is 1.66. The molecular weight excluding hydrogens is 300 g/mol. The first-order chi connectivity index (χ1) is 11.7. The molecule has 0 unspecified atom stereocenters. The molecule has 3 rings (SSSR count). The van der Waals surface area contributed by atoms with E-state index in [0.29, 0.717) is 12.5 Å². The van der Waals surface area contributed by atoms with Gasteiger partial charge in [0, 0.05) is 19.6 Å². The molecule has 2 atom stereocenters. The Balaban J connectivity index is 1.59. The van der Waals surface area contributed by atoms with Crippen molar-refractivity contribution in [2.24, 2.45) is 5.92 Å². The maximum atomic E-state index is 12.7. The number of rotatable bonds is 6. The van der Waals surface area contributed by atoms with Gasteiger partial charge in [0.05, 0.1) is 13.2 Å². The summed E-state index contributed by atoms with van der Waals surface area (Å²) in [4.78, 5) is 14.6. The second-order valence-electron chi connectivity index (χ2n) is 6.39. The fourth-order valence-electron chi connectivity index (χ4n) is 3.19. The zero-order valence-electron chi connectivity index (χ0n) is 14.2. The Labute approximate surface area is 143 Å². The highest BCUT2D eigenvalue weighted by Crippen LogP contribution is 2.22. The molecule has 1 aliphatic rings. The van der Waals surface area contributed by atoms with E-state index in [1.54, 1.807) is 7.11 Å². The van der Waals surface area contributed by atoms with Crippen molar-refractivity contribution in [1.29, 1.82) is 0 Å². The predicted octanol–water partition coefficient (Wildman–Crippen LogP) is 2.83. The molecule has 126 valence electrons. The molecule has 0 bridgehead atoms. The summed E-state index contributed by atoms with van der Waals surface area (Å²) < 4.78 is 5.18. The molecule has 1 heterocycles. The zero-order valence-corrected chi connectivity index (χ0v) is 14.2. The van der Waals surface area contributed by atoms with Gasteiger partial charge in [0.15, 0.2) is 0 Å². The number of carbonyl (C=O) groups excluding carboxylic acids is 1. The van der Waals surface area contributed by atoms with Crippen LogP contribution in [0.2, 0.25) is 0 Å². The van der Waals surface area contributed by atoms with Gasteiger partial charge in [0.2, 0.25) is 5.91 Å². The Kier molecular flexibility index (Phi) is 5.16. The van der Waals surface area contributed by atoms with Crippen molar-refractivity contribution in [1.82, 2.24) is 10.2 Å². The number of benzene rings is 2. The molecule has 1 N–H and O–H groups in total. The highest BCUT2D eigenvalue weighted by molar-refractivity contribution is 5.84. The monoisotopic (exact) mass is 324 g/mol. The molecule has 2 aromatic rings. The summed E-state index contributed by atoms with van der Waals surface area (Å²) in [6, 6.07) is 18.0. The number of amides is 1. The standard InChI is InChI=1S/C20H24N2O2/c1-15-13-22(14-17-8-10-18(24-2)11-9-17)20(23)19(15)21-12-16-6-4-3-5-7-16/h3-11,15,19,21H,12-14H2,1-2H3/t15-,19+/m1/s1. The van der Waals surface area contributed by atoms with Gasteiger partial charge in [-0.2, -0.15) is 0 Å². The Hall–Kier alpha value is -2.33. The molecule has 4 nitrogen and oxygen atoms in total. The van der Waals surface area contributed by atoms with E-state index in [1.807, 2.05) is 47.4 Å². The topological polar surface area (TPSA) is 41.6 Å². The highest BCUT2D eigenvalue weighted by Gasteiger charge is 2.37. The van der Waals surface area contributed by atoms with Crippen LogP contribution in [0.15, 0.2) is 54.6 Å². The third-order valence-corrected chi connectivity index (χ3v) is 4.56. The van der Waals surface area contributed by atoms with Crippen LogP contribution in [-0.4, -0.2) is 30.5 Å². The Bertz CT molecular complexity index is 670. The minimum atomic E-state index is -0.108. The lowest BCUT2D eigenvalue weighted by atomic mass is 10.1. The van der Waals surface area contributed by atoms with Gasteiger partial charge in [-0.3, -0.25) is 4.79 Å². The largest absolute Gasteiger partial charge is 0.497 e. The maximum Gasteiger partial charge on any atom is 0.240 e. The summed E-state index contributed by atoms with van der Waals surface area (Å²) in [5.74, 6) is 1.33. The van der Waals surface area contributed by atoms with Gasteiger partial charge in [0.25, 0.3) is 0 Å². The molecule has 24 heavy (non-hydrogen) atoms. The second-order valence-corrected chi connectivity index (χ2v) is 6.39. The van der Waals surface area contributed by atoms with Gasteiger partial charge in [-0.1, -0.05) is 49.4 Å². The summed E-state index contributed by atoms with van der Waals surface area (Å²) >= 11 is 0. The fraction of sp³-hybridized carbons (Fsp3) is 0.350. The van der Waals surface area contributed by atoms with Crippen LogP contribution in [0.25, 0.3) is 0 Å². The molecule has 1 fully saturated rings. The minimum absolute atomic E-state index is 0.108. The van der Waals surface area contributed by atoms with Crippen LogP contribution >= 0.6 is 0 Å². The molecule has 2 aromatic carbocycles. The van der Waals surface area contributed by atoms with Gasteiger partial charge in [-0.25, -0.2) is 0 Å².